The van der Waals surface area contributed by atoms with Crippen molar-refractivity contribution in [3.8, 4) is 5.75 Å². The Bertz CT molecular complexity index is 606. The van der Waals surface area contributed by atoms with Crippen molar-refractivity contribution >= 4 is 17.6 Å². The zero-order valence-electron chi connectivity index (χ0n) is 16.7. The van der Waals surface area contributed by atoms with Crippen molar-refractivity contribution in [1.29, 1.82) is 0 Å². The van der Waals surface area contributed by atoms with Crippen LogP contribution in [0.25, 0.3) is 0 Å². The molecule has 1 amide bonds. The van der Waals surface area contributed by atoms with E-state index in [1.165, 1.54) is 0 Å². The van der Waals surface area contributed by atoms with Gasteiger partial charge in [-0.3, -0.25) is 4.79 Å². The molecule has 1 rings (SSSR count). The molecule has 6 heteroatoms. The van der Waals surface area contributed by atoms with Gasteiger partial charge in [0.1, 0.15) is 16.9 Å². The summed E-state index contributed by atoms with van der Waals surface area (Å²) in [6.07, 6.45) is 1.33. The van der Waals surface area contributed by atoms with Crippen LogP contribution in [0.1, 0.15) is 64.7 Å². The summed E-state index contributed by atoms with van der Waals surface area (Å²) in [5.74, 6) is -0.300. The lowest BCUT2D eigenvalue weighted by atomic mass is 9.99. The van der Waals surface area contributed by atoms with Crippen molar-refractivity contribution < 1.29 is 23.8 Å². The van der Waals surface area contributed by atoms with E-state index < -0.39 is 11.6 Å². The van der Waals surface area contributed by atoms with Gasteiger partial charge in [-0.05, 0) is 59.2 Å². The Morgan fingerprint density at radius 2 is 1.85 bits per heavy atom. The Morgan fingerprint density at radius 3 is 2.38 bits per heavy atom. The lowest BCUT2D eigenvalue weighted by molar-refractivity contribution is -0.139. The minimum atomic E-state index is -0.916. The van der Waals surface area contributed by atoms with Crippen LogP contribution >= 0.6 is 0 Å². The molecule has 0 bridgehead atoms. The molecule has 0 saturated heterocycles. The molecule has 1 aromatic rings. The summed E-state index contributed by atoms with van der Waals surface area (Å²) in [5.41, 5.74) is -0.135. The monoisotopic (exact) mass is 365 g/mol. The van der Waals surface area contributed by atoms with Gasteiger partial charge in [-0.25, -0.2) is 4.79 Å². The average molecular weight is 365 g/mol. The summed E-state index contributed by atoms with van der Waals surface area (Å²) in [7, 11) is 0. The van der Waals surface area contributed by atoms with Crippen molar-refractivity contribution in [2.45, 2.75) is 66.1 Å². The van der Waals surface area contributed by atoms with E-state index in [4.69, 9.17) is 14.2 Å². The molecule has 0 fully saturated rings. The largest absolute Gasteiger partial charge is 0.490 e. The van der Waals surface area contributed by atoms with Crippen molar-refractivity contribution in [3.63, 3.8) is 0 Å². The Balaban J connectivity index is 3.11. The average Bonchev–Trinajstić information content (AvgIpc) is 2.56. The number of anilines is 1. The molecule has 0 aromatic heterocycles. The van der Waals surface area contributed by atoms with Gasteiger partial charge in [-0.15, -0.1) is 0 Å². The first kappa shape index (κ1) is 22.0. The molecule has 26 heavy (non-hydrogen) atoms. The fraction of sp³-hybridized carbons (Fsp3) is 0.600. The van der Waals surface area contributed by atoms with Gasteiger partial charge >= 0.3 is 5.97 Å². The van der Waals surface area contributed by atoms with Gasteiger partial charge < -0.3 is 19.5 Å². The standard InChI is InChI=1S/C20H31NO5/c1-7-12-20(6,25-9-3)19(23)21-15-10-11-17(26-14(4)5)16(13-15)18(22)24-8-2/h10-11,13-14H,7-9,12H2,1-6H3,(H,21,23)/t20-/m0/s1. The fourth-order valence-electron chi connectivity index (χ4n) is 2.64. The van der Waals surface area contributed by atoms with Crippen LogP contribution in [0.15, 0.2) is 18.2 Å². The number of nitrogens with one attached hydrogen (secondary N) is 1. The quantitative estimate of drug-likeness (QED) is 0.630. The Kier molecular flexibility index (Phi) is 8.58. The molecule has 1 N–H and O–H groups in total. The van der Waals surface area contributed by atoms with Crippen molar-refractivity contribution in [1.82, 2.24) is 0 Å². The van der Waals surface area contributed by atoms with Crippen LogP contribution in [-0.4, -0.2) is 36.8 Å². The molecule has 6 nitrogen and oxygen atoms in total. The lowest BCUT2D eigenvalue weighted by Crippen LogP contribution is -2.42. The van der Waals surface area contributed by atoms with Gasteiger partial charge in [-0.1, -0.05) is 13.3 Å². The van der Waals surface area contributed by atoms with Crippen molar-refractivity contribution in [3.05, 3.63) is 23.8 Å². The maximum Gasteiger partial charge on any atom is 0.341 e. The van der Waals surface area contributed by atoms with E-state index in [-0.39, 0.29) is 24.2 Å². The summed E-state index contributed by atoms with van der Waals surface area (Å²) in [4.78, 5) is 24.9. The zero-order chi connectivity index (χ0) is 19.7. The number of hydrogen-bond acceptors (Lipinski definition) is 5. The Morgan fingerprint density at radius 1 is 1.15 bits per heavy atom. The first-order valence-corrected chi connectivity index (χ1v) is 9.20. The van der Waals surface area contributed by atoms with Crippen molar-refractivity contribution in [2.75, 3.05) is 18.5 Å². The number of hydrogen-bond donors (Lipinski definition) is 1. The third-order valence-corrected chi connectivity index (χ3v) is 3.77. The molecule has 1 aromatic carbocycles. The molecule has 0 spiro atoms. The number of ether oxygens (including phenoxy) is 3. The zero-order valence-corrected chi connectivity index (χ0v) is 16.7. The number of carbonyl (C=O) groups is 2. The smallest absolute Gasteiger partial charge is 0.341 e. The van der Waals surface area contributed by atoms with Crippen LogP contribution in [0.4, 0.5) is 5.69 Å². The number of carbonyl (C=O) groups excluding carboxylic acids is 2. The van der Waals surface area contributed by atoms with Gasteiger partial charge in [0.2, 0.25) is 0 Å². The number of esters is 1. The maximum absolute atomic E-state index is 12.7. The molecule has 0 aliphatic heterocycles. The second-order valence-corrected chi connectivity index (χ2v) is 6.47. The topological polar surface area (TPSA) is 73.9 Å². The molecule has 1 atom stereocenters. The summed E-state index contributed by atoms with van der Waals surface area (Å²) in [6.45, 7) is 11.8. The SMILES string of the molecule is CCC[C@](C)(OCC)C(=O)Nc1ccc(OC(C)C)c(C(=O)OCC)c1. The van der Waals surface area contributed by atoms with E-state index in [0.29, 0.717) is 24.5 Å². The number of benzene rings is 1. The number of amides is 1. The lowest BCUT2D eigenvalue weighted by Gasteiger charge is -2.28. The maximum atomic E-state index is 12.7. The van der Waals surface area contributed by atoms with Crippen LogP contribution in [0.2, 0.25) is 0 Å². The van der Waals surface area contributed by atoms with Gasteiger partial charge in [-0.2, -0.15) is 0 Å². The Labute approximate surface area is 156 Å². The van der Waals surface area contributed by atoms with Gasteiger partial charge in [0.25, 0.3) is 5.91 Å². The molecule has 0 aliphatic rings. The van der Waals surface area contributed by atoms with E-state index in [1.807, 2.05) is 27.7 Å². The summed E-state index contributed by atoms with van der Waals surface area (Å²) < 4.78 is 16.4. The molecule has 0 radical (unpaired) electrons. The van der Waals surface area contributed by atoms with E-state index in [2.05, 4.69) is 5.32 Å². The molecule has 0 heterocycles. The van der Waals surface area contributed by atoms with Crippen LogP contribution in [0, 0.1) is 0 Å². The first-order chi connectivity index (χ1) is 12.3. The molecule has 0 aliphatic carbocycles. The summed E-state index contributed by atoms with van der Waals surface area (Å²) >= 11 is 0. The summed E-state index contributed by atoms with van der Waals surface area (Å²) in [5, 5.41) is 2.84. The van der Waals surface area contributed by atoms with Crippen LogP contribution in [-0.2, 0) is 14.3 Å². The van der Waals surface area contributed by atoms with E-state index in [1.54, 1.807) is 32.0 Å². The highest BCUT2D eigenvalue weighted by molar-refractivity contribution is 5.99. The minimum Gasteiger partial charge on any atom is -0.490 e. The second-order valence-electron chi connectivity index (χ2n) is 6.47. The van der Waals surface area contributed by atoms with E-state index in [0.717, 1.165) is 6.42 Å². The van der Waals surface area contributed by atoms with E-state index in [9.17, 15) is 9.59 Å². The van der Waals surface area contributed by atoms with Crippen LogP contribution < -0.4 is 10.1 Å². The minimum absolute atomic E-state index is 0.0885. The van der Waals surface area contributed by atoms with Gasteiger partial charge in [0.05, 0.1) is 12.7 Å². The Hall–Kier alpha value is -2.08. The van der Waals surface area contributed by atoms with Crippen molar-refractivity contribution in [2.24, 2.45) is 0 Å². The number of rotatable bonds is 10. The van der Waals surface area contributed by atoms with Crippen LogP contribution in [0.5, 0.6) is 5.75 Å². The highest BCUT2D eigenvalue weighted by Gasteiger charge is 2.33. The second kappa shape index (κ2) is 10.2. The molecular formula is C20H31NO5. The molecular weight excluding hydrogens is 334 g/mol. The highest BCUT2D eigenvalue weighted by atomic mass is 16.5. The fourth-order valence-corrected chi connectivity index (χ4v) is 2.64. The third-order valence-electron chi connectivity index (χ3n) is 3.77. The van der Waals surface area contributed by atoms with Gasteiger partial charge in [0.15, 0.2) is 0 Å². The molecule has 0 unspecified atom stereocenters. The molecule has 146 valence electrons. The predicted molar refractivity (Wildman–Crippen MR) is 102 cm³/mol. The normalized spacial score (nSPS) is 13.2. The predicted octanol–water partition coefficient (Wildman–Crippen LogP) is 4.18. The summed E-state index contributed by atoms with van der Waals surface area (Å²) in [6, 6.07) is 4.95. The van der Waals surface area contributed by atoms with Gasteiger partial charge in [0, 0.05) is 12.3 Å². The highest BCUT2D eigenvalue weighted by Crippen LogP contribution is 2.27. The first-order valence-electron chi connectivity index (χ1n) is 9.20. The third kappa shape index (κ3) is 6.02. The van der Waals surface area contributed by atoms with Crippen LogP contribution in [0.3, 0.4) is 0 Å². The van der Waals surface area contributed by atoms with E-state index >= 15 is 0 Å². The molecule has 0 saturated carbocycles.